The molecule has 0 aliphatic rings. The number of ether oxygens (including phenoxy) is 2. The summed E-state index contributed by atoms with van der Waals surface area (Å²) in [6.07, 6.45) is 0.249. The quantitative estimate of drug-likeness (QED) is 0.471. The molecule has 1 unspecified atom stereocenters. The zero-order chi connectivity index (χ0) is 10.8. The van der Waals surface area contributed by atoms with Gasteiger partial charge in [0.15, 0.2) is 6.10 Å². The molecule has 0 radical (unpaired) electrons. The molecule has 0 aliphatic carbocycles. The van der Waals surface area contributed by atoms with E-state index in [1.165, 1.54) is 0 Å². The number of likely N-dealkylation sites (N-methyl/N-ethyl adjacent to an activating group) is 1. The molecular weight excluding hydrogens is 182 g/mol. The molecule has 0 aliphatic heterocycles. The van der Waals surface area contributed by atoms with Crippen LogP contribution in [0.1, 0.15) is 27.2 Å². The van der Waals surface area contributed by atoms with Gasteiger partial charge in [0.2, 0.25) is 0 Å². The minimum atomic E-state index is -0.409. The molecule has 0 fully saturated rings. The highest BCUT2D eigenvalue weighted by Crippen LogP contribution is 2.00. The van der Waals surface area contributed by atoms with Gasteiger partial charge in [-0.3, -0.25) is 0 Å². The van der Waals surface area contributed by atoms with Crippen LogP contribution in [0.2, 0.25) is 0 Å². The van der Waals surface area contributed by atoms with Gasteiger partial charge in [-0.1, -0.05) is 13.8 Å². The maximum absolute atomic E-state index is 11.3. The van der Waals surface area contributed by atoms with E-state index in [1.54, 1.807) is 6.92 Å². The standard InChI is InChI=1S/C10H21NO3/c1-4-9(10(12)13-6-3)14-8-7-11-5-2/h9,11H,4-8H2,1-3H3. The Labute approximate surface area is 86.0 Å². The number of hydrogen-bond acceptors (Lipinski definition) is 4. The van der Waals surface area contributed by atoms with Crippen molar-refractivity contribution in [2.45, 2.75) is 33.3 Å². The van der Waals surface area contributed by atoms with Crippen LogP contribution < -0.4 is 5.32 Å². The van der Waals surface area contributed by atoms with Crippen molar-refractivity contribution < 1.29 is 14.3 Å². The Morgan fingerprint density at radius 2 is 2.07 bits per heavy atom. The van der Waals surface area contributed by atoms with Crippen LogP contribution in [0.5, 0.6) is 0 Å². The van der Waals surface area contributed by atoms with Crippen LogP contribution in [0.3, 0.4) is 0 Å². The number of nitrogens with one attached hydrogen (secondary N) is 1. The van der Waals surface area contributed by atoms with Gasteiger partial charge in [-0.15, -0.1) is 0 Å². The van der Waals surface area contributed by atoms with Gasteiger partial charge >= 0.3 is 5.97 Å². The number of esters is 1. The lowest BCUT2D eigenvalue weighted by Crippen LogP contribution is -2.29. The molecule has 0 aromatic heterocycles. The lowest BCUT2D eigenvalue weighted by molar-refractivity contribution is -0.156. The summed E-state index contributed by atoms with van der Waals surface area (Å²) >= 11 is 0. The molecule has 0 aromatic carbocycles. The van der Waals surface area contributed by atoms with Crippen LogP contribution in [0, 0.1) is 0 Å². The van der Waals surface area contributed by atoms with E-state index in [-0.39, 0.29) is 5.97 Å². The van der Waals surface area contributed by atoms with Gasteiger partial charge in [-0.05, 0) is 19.9 Å². The smallest absolute Gasteiger partial charge is 0.335 e. The van der Waals surface area contributed by atoms with Crippen LogP contribution in [0.4, 0.5) is 0 Å². The first kappa shape index (κ1) is 13.4. The monoisotopic (exact) mass is 203 g/mol. The number of hydrogen-bond donors (Lipinski definition) is 1. The summed E-state index contributed by atoms with van der Waals surface area (Å²) in [6, 6.07) is 0. The van der Waals surface area contributed by atoms with Gasteiger partial charge in [-0.2, -0.15) is 0 Å². The number of rotatable bonds is 8. The molecule has 0 saturated heterocycles. The second-order valence-electron chi connectivity index (χ2n) is 2.87. The third-order valence-electron chi connectivity index (χ3n) is 1.77. The highest BCUT2D eigenvalue weighted by Gasteiger charge is 2.17. The zero-order valence-corrected chi connectivity index (χ0v) is 9.34. The van der Waals surface area contributed by atoms with Crippen LogP contribution in [0.15, 0.2) is 0 Å². The van der Waals surface area contributed by atoms with Crippen molar-refractivity contribution in [2.75, 3.05) is 26.3 Å². The van der Waals surface area contributed by atoms with Gasteiger partial charge in [0, 0.05) is 6.54 Å². The molecule has 84 valence electrons. The molecule has 1 N–H and O–H groups in total. The van der Waals surface area contributed by atoms with Crippen molar-refractivity contribution in [3.8, 4) is 0 Å². The fraction of sp³-hybridized carbons (Fsp3) is 0.900. The maximum Gasteiger partial charge on any atom is 0.335 e. The number of carbonyl (C=O) groups excluding carboxylic acids is 1. The average Bonchev–Trinajstić information content (AvgIpc) is 2.18. The topological polar surface area (TPSA) is 47.6 Å². The molecule has 14 heavy (non-hydrogen) atoms. The second-order valence-corrected chi connectivity index (χ2v) is 2.87. The van der Waals surface area contributed by atoms with Crippen molar-refractivity contribution in [1.82, 2.24) is 5.32 Å². The van der Waals surface area contributed by atoms with Crippen molar-refractivity contribution in [3.05, 3.63) is 0 Å². The Balaban J connectivity index is 3.62. The lowest BCUT2D eigenvalue weighted by atomic mass is 10.3. The predicted molar refractivity (Wildman–Crippen MR) is 55.2 cm³/mol. The highest BCUT2D eigenvalue weighted by molar-refractivity contribution is 5.74. The predicted octanol–water partition coefficient (Wildman–Crippen LogP) is 0.954. The Hall–Kier alpha value is -0.610. The van der Waals surface area contributed by atoms with Crippen molar-refractivity contribution in [3.63, 3.8) is 0 Å². The van der Waals surface area contributed by atoms with E-state index in [0.717, 1.165) is 13.1 Å². The van der Waals surface area contributed by atoms with Crippen LogP contribution in [0.25, 0.3) is 0 Å². The maximum atomic E-state index is 11.3. The van der Waals surface area contributed by atoms with Crippen molar-refractivity contribution in [2.24, 2.45) is 0 Å². The molecule has 0 bridgehead atoms. The van der Waals surface area contributed by atoms with E-state index >= 15 is 0 Å². The minimum absolute atomic E-state index is 0.258. The van der Waals surface area contributed by atoms with E-state index in [9.17, 15) is 4.79 Å². The van der Waals surface area contributed by atoms with Gasteiger partial charge in [0.25, 0.3) is 0 Å². The summed E-state index contributed by atoms with van der Waals surface area (Å²) < 4.78 is 10.2. The highest BCUT2D eigenvalue weighted by atomic mass is 16.6. The van der Waals surface area contributed by atoms with Crippen LogP contribution in [-0.4, -0.2) is 38.4 Å². The summed E-state index contributed by atoms with van der Waals surface area (Å²) in [7, 11) is 0. The first-order valence-electron chi connectivity index (χ1n) is 5.25. The normalized spacial score (nSPS) is 12.5. The zero-order valence-electron chi connectivity index (χ0n) is 9.34. The molecule has 0 rings (SSSR count). The van der Waals surface area contributed by atoms with Crippen LogP contribution in [-0.2, 0) is 14.3 Å². The summed E-state index contributed by atoms with van der Waals surface area (Å²) in [5.74, 6) is -0.258. The van der Waals surface area contributed by atoms with E-state index in [0.29, 0.717) is 19.6 Å². The fourth-order valence-corrected chi connectivity index (χ4v) is 1.04. The summed E-state index contributed by atoms with van der Waals surface area (Å²) in [6.45, 7) is 8.38. The second kappa shape index (κ2) is 8.97. The molecule has 1 atom stereocenters. The van der Waals surface area contributed by atoms with Gasteiger partial charge in [0.1, 0.15) is 0 Å². The van der Waals surface area contributed by atoms with Gasteiger partial charge in [-0.25, -0.2) is 4.79 Å². The van der Waals surface area contributed by atoms with Crippen LogP contribution >= 0.6 is 0 Å². The van der Waals surface area contributed by atoms with E-state index in [4.69, 9.17) is 9.47 Å². The Morgan fingerprint density at radius 3 is 2.57 bits per heavy atom. The summed E-state index contributed by atoms with van der Waals surface area (Å²) in [5, 5.41) is 3.12. The molecule has 0 amide bonds. The van der Waals surface area contributed by atoms with Gasteiger partial charge < -0.3 is 14.8 Å². The molecule has 0 heterocycles. The summed E-state index contributed by atoms with van der Waals surface area (Å²) in [5.41, 5.74) is 0. The Kier molecular flexibility index (Phi) is 8.57. The molecule has 0 aromatic rings. The molecule has 4 nitrogen and oxygen atoms in total. The molecule has 4 heteroatoms. The van der Waals surface area contributed by atoms with E-state index < -0.39 is 6.10 Å². The minimum Gasteiger partial charge on any atom is -0.464 e. The Morgan fingerprint density at radius 1 is 1.36 bits per heavy atom. The average molecular weight is 203 g/mol. The summed E-state index contributed by atoms with van der Waals surface area (Å²) in [4.78, 5) is 11.3. The van der Waals surface area contributed by atoms with Crippen molar-refractivity contribution in [1.29, 1.82) is 0 Å². The number of carbonyl (C=O) groups is 1. The third-order valence-corrected chi connectivity index (χ3v) is 1.77. The van der Waals surface area contributed by atoms with Crippen molar-refractivity contribution >= 4 is 5.97 Å². The molecule has 0 saturated carbocycles. The lowest BCUT2D eigenvalue weighted by Gasteiger charge is -2.14. The Bertz CT molecular complexity index is 150. The van der Waals surface area contributed by atoms with Gasteiger partial charge in [0.05, 0.1) is 13.2 Å². The van der Waals surface area contributed by atoms with E-state index in [2.05, 4.69) is 5.32 Å². The molecule has 0 spiro atoms. The largest absolute Gasteiger partial charge is 0.464 e. The van der Waals surface area contributed by atoms with E-state index in [1.807, 2.05) is 13.8 Å². The first-order valence-corrected chi connectivity index (χ1v) is 5.25. The molecular formula is C10H21NO3. The first-order chi connectivity index (χ1) is 6.76. The fourth-order valence-electron chi connectivity index (χ4n) is 1.04. The third kappa shape index (κ3) is 5.94. The SMILES string of the molecule is CCNCCOC(CC)C(=O)OCC.